The molecule has 0 aliphatic rings. The fourth-order valence-corrected chi connectivity index (χ4v) is 15.8. The van der Waals surface area contributed by atoms with Crippen molar-refractivity contribution >= 4 is 39.5 Å². The van der Waals surface area contributed by atoms with E-state index in [1.807, 2.05) is 0 Å². The molecule has 0 amide bonds. The Morgan fingerprint density at radius 3 is 0.624 bits per heavy atom. The Balaban J connectivity index is 5.25. The number of rotatable bonds is 90. The highest BCUT2D eigenvalue weighted by Crippen LogP contribution is 2.45. The molecule has 0 spiro atoms. The highest BCUT2D eigenvalue weighted by atomic mass is 31.2. The van der Waals surface area contributed by atoms with Crippen molar-refractivity contribution in [2.24, 2.45) is 5.92 Å². The second-order valence-corrected chi connectivity index (χ2v) is 35.7. The zero-order valence-electron chi connectivity index (χ0n) is 71.7. The zero-order chi connectivity index (χ0) is 79.7. The van der Waals surface area contributed by atoms with Crippen molar-refractivity contribution < 1.29 is 80.2 Å². The molecule has 109 heavy (non-hydrogen) atoms. The molecule has 0 bridgehead atoms. The predicted octanol–water partition coefficient (Wildman–Crippen LogP) is 27.9. The summed E-state index contributed by atoms with van der Waals surface area (Å²) in [6.07, 6.45) is 77.7. The molecular weight excluding hydrogens is 1410 g/mol. The van der Waals surface area contributed by atoms with Gasteiger partial charge in [-0.3, -0.25) is 37.3 Å². The van der Waals surface area contributed by atoms with Gasteiger partial charge in [0, 0.05) is 25.7 Å². The normalized spacial score (nSPS) is 13.7. The lowest BCUT2D eigenvalue weighted by molar-refractivity contribution is -0.161. The van der Waals surface area contributed by atoms with Crippen LogP contribution in [-0.4, -0.2) is 96.7 Å². The maximum Gasteiger partial charge on any atom is 0.472 e. The first-order chi connectivity index (χ1) is 53.0. The molecule has 0 saturated carbocycles. The molecule has 0 rings (SSSR count). The van der Waals surface area contributed by atoms with E-state index in [9.17, 15) is 43.2 Å². The highest BCUT2D eigenvalue weighted by Gasteiger charge is 2.31. The molecule has 0 radical (unpaired) electrons. The first kappa shape index (κ1) is 107. The Morgan fingerprint density at radius 1 is 0.248 bits per heavy atom. The maximum atomic E-state index is 13.2. The van der Waals surface area contributed by atoms with Crippen LogP contribution in [0, 0.1) is 5.92 Å². The van der Waals surface area contributed by atoms with Crippen molar-refractivity contribution in [1.82, 2.24) is 0 Å². The van der Waals surface area contributed by atoms with E-state index in [1.54, 1.807) is 0 Å². The van der Waals surface area contributed by atoms with Crippen LogP contribution in [0.4, 0.5) is 0 Å². The van der Waals surface area contributed by atoms with Crippen LogP contribution in [-0.2, 0) is 65.4 Å². The number of phosphoric acid groups is 2. The summed E-state index contributed by atoms with van der Waals surface area (Å²) in [7, 11) is -9.93. The molecule has 0 aromatic rings. The van der Waals surface area contributed by atoms with Gasteiger partial charge in [-0.2, -0.15) is 0 Å². The molecule has 0 aliphatic heterocycles. The van der Waals surface area contributed by atoms with Gasteiger partial charge >= 0.3 is 39.5 Å². The fraction of sp³-hybridized carbons (Fsp3) is 0.956. The van der Waals surface area contributed by atoms with Crippen LogP contribution in [0.1, 0.15) is 490 Å². The van der Waals surface area contributed by atoms with E-state index in [0.717, 1.165) is 95.8 Å². The van der Waals surface area contributed by atoms with Gasteiger partial charge in [0.15, 0.2) is 12.2 Å². The first-order valence-corrected chi connectivity index (χ1v) is 49.6. The SMILES string of the molecule is CCCCCCCCCCCCCCCCCCCCCCC(=O)O[C@H](COC(=O)CCCCCCCCCCCCCCCCCCC(C)C)COP(=O)(O)OC[C@@H](O)COP(=O)(O)OC[C@@H](COC(=O)CCCCCCCCCCCCCC)OC(=O)CCCCCCCCCCCCCCCCCCCC. The predicted molar refractivity (Wildman–Crippen MR) is 451 cm³/mol. The van der Waals surface area contributed by atoms with Crippen molar-refractivity contribution in [3.8, 4) is 0 Å². The molecule has 0 saturated heterocycles. The number of carbonyl (C=O) groups excluding carboxylic acids is 4. The van der Waals surface area contributed by atoms with Crippen LogP contribution in [0.2, 0.25) is 0 Å². The topological polar surface area (TPSA) is 237 Å². The number of unbranched alkanes of at least 4 members (excludes halogenated alkanes) is 62. The molecule has 5 atom stereocenters. The molecule has 17 nitrogen and oxygen atoms in total. The van der Waals surface area contributed by atoms with Crippen LogP contribution in [0.25, 0.3) is 0 Å². The summed E-state index contributed by atoms with van der Waals surface area (Å²) >= 11 is 0. The van der Waals surface area contributed by atoms with E-state index in [2.05, 4.69) is 34.6 Å². The summed E-state index contributed by atoms with van der Waals surface area (Å²) in [5.41, 5.74) is 0. The van der Waals surface area contributed by atoms with Crippen LogP contribution < -0.4 is 0 Å². The molecule has 0 heterocycles. The lowest BCUT2D eigenvalue weighted by Crippen LogP contribution is -2.30. The molecule has 0 aliphatic carbocycles. The number of hydrogen-bond donors (Lipinski definition) is 3. The van der Waals surface area contributed by atoms with Gasteiger partial charge in [0.05, 0.1) is 26.4 Å². The van der Waals surface area contributed by atoms with Gasteiger partial charge in [-0.1, -0.05) is 439 Å². The number of carbonyl (C=O) groups is 4. The third kappa shape index (κ3) is 83.8. The van der Waals surface area contributed by atoms with E-state index >= 15 is 0 Å². The molecule has 2 unspecified atom stereocenters. The van der Waals surface area contributed by atoms with Gasteiger partial charge in [-0.15, -0.1) is 0 Å². The molecular formula is C90H176O17P2. The van der Waals surface area contributed by atoms with Gasteiger partial charge in [0.1, 0.15) is 19.3 Å². The lowest BCUT2D eigenvalue weighted by atomic mass is 10.0. The Morgan fingerprint density at radius 2 is 0.422 bits per heavy atom. The summed E-state index contributed by atoms with van der Waals surface area (Å²) in [5.74, 6) is -1.28. The third-order valence-electron chi connectivity index (χ3n) is 21.3. The minimum atomic E-state index is -4.97. The monoisotopic (exact) mass is 1590 g/mol. The Kier molecular flexibility index (Phi) is 81.1. The number of hydrogen-bond acceptors (Lipinski definition) is 15. The third-order valence-corrected chi connectivity index (χ3v) is 23.2. The quantitative estimate of drug-likeness (QED) is 0.0222. The number of ether oxygens (including phenoxy) is 4. The average Bonchev–Trinajstić information content (AvgIpc) is 0.900. The maximum absolute atomic E-state index is 13.2. The second-order valence-electron chi connectivity index (χ2n) is 32.8. The number of esters is 4. The van der Waals surface area contributed by atoms with E-state index in [1.165, 1.54) is 315 Å². The van der Waals surface area contributed by atoms with Crippen molar-refractivity contribution in [1.29, 1.82) is 0 Å². The van der Waals surface area contributed by atoms with Gasteiger partial charge in [0.2, 0.25) is 0 Å². The Hall–Kier alpha value is -1.94. The van der Waals surface area contributed by atoms with Crippen LogP contribution >= 0.6 is 15.6 Å². The summed E-state index contributed by atoms with van der Waals surface area (Å²) in [4.78, 5) is 73.4. The molecule has 0 aromatic carbocycles. The minimum Gasteiger partial charge on any atom is -0.462 e. The molecule has 3 N–H and O–H groups in total. The standard InChI is InChI=1S/C90H176O17P2/c1-6-9-12-15-18-21-24-27-29-31-33-34-36-42-46-51-56-61-66-71-76-90(95)107-86(80-101-88(93)74-69-64-59-54-49-44-40-38-37-39-43-47-52-57-62-67-72-83(4)5)82-105-109(98,99)103-78-84(91)77-102-108(96,97)104-81-85(79-100-87(92)73-68-63-58-53-48-26-23-20-17-14-11-8-3)106-89(94)75-70-65-60-55-50-45-41-35-32-30-28-25-22-19-16-13-10-7-2/h83-86,91H,6-82H2,1-5H3,(H,96,97)(H,98,99)/t84-,85+,86+/m0/s1. The van der Waals surface area contributed by atoms with E-state index in [4.69, 9.17) is 37.0 Å². The summed E-state index contributed by atoms with van der Waals surface area (Å²) in [6, 6.07) is 0. The van der Waals surface area contributed by atoms with E-state index in [0.29, 0.717) is 25.7 Å². The molecule has 648 valence electrons. The van der Waals surface area contributed by atoms with Crippen LogP contribution in [0.5, 0.6) is 0 Å². The first-order valence-electron chi connectivity index (χ1n) is 46.6. The van der Waals surface area contributed by atoms with Gasteiger partial charge in [-0.25, -0.2) is 9.13 Å². The minimum absolute atomic E-state index is 0.109. The van der Waals surface area contributed by atoms with Crippen molar-refractivity contribution in [3.05, 3.63) is 0 Å². The second kappa shape index (κ2) is 82.6. The Labute approximate surface area is 670 Å². The smallest absolute Gasteiger partial charge is 0.462 e. The summed E-state index contributed by atoms with van der Waals surface area (Å²) in [6.45, 7) is 7.43. The number of phosphoric ester groups is 2. The van der Waals surface area contributed by atoms with Crippen LogP contribution in [0.15, 0.2) is 0 Å². The highest BCUT2D eigenvalue weighted by molar-refractivity contribution is 7.47. The molecule has 19 heteroatoms. The van der Waals surface area contributed by atoms with Gasteiger partial charge in [0.25, 0.3) is 0 Å². The molecule has 0 fully saturated rings. The van der Waals surface area contributed by atoms with E-state index in [-0.39, 0.29) is 25.7 Å². The molecule has 0 aromatic heterocycles. The van der Waals surface area contributed by atoms with Crippen molar-refractivity contribution in [2.45, 2.75) is 509 Å². The van der Waals surface area contributed by atoms with Crippen molar-refractivity contribution in [2.75, 3.05) is 39.6 Å². The largest absolute Gasteiger partial charge is 0.472 e. The lowest BCUT2D eigenvalue weighted by Gasteiger charge is -2.21. The van der Waals surface area contributed by atoms with Crippen LogP contribution in [0.3, 0.4) is 0 Å². The fourth-order valence-electron chi connectivity index (χ4n) is 14.2. The van der Waals surface area contributed by atoms with Crippen molar-refractivity contribution in [3.63, 3.8) is 0 Å². The summed E-state index contributed by atoms with van der Waals surface area (Å²) < 4.78 is 69.1. The van der Waals surface area contributed by atoms with E-state index < -0.39 is 97.5 Å². The summed E-state index contributed by atoms with van der Waals surface area (Å²) in [5, 5.41) is 10.7. The van der Waals surface area contributed by atoms with Gasteiger partial charge in [-0.05, 0) is 31.6 Å². The Bertz CT molecular complexity index is 2070. The average molecular weight is 1590 g/mol. The number of aliphatic hydroxyl groups excluding tert-OH is 1. The number of aliphatic hydroxyl groups is 1. The van der Waals surface area contributed by atoms with Gasteiger partial charge < -0.3 is 33.8 Å². The zero-order valence-corrected chi connectivity index (χ0v) is 73.5.